The average molecular weight is 351 g/mol. The number of nitrogens with zero attached hydrogens (tertiary/aromatic N) is 2. The number of hydrogen-bond donors (Lipinski definition) is 1. The van der Waals surface area contributed by atoms with Crippen LogP contribution in [0.25, 0.3) is 0 Å². The lowest BCUT2D eigenvalue weighted by atomic mass is 10.0. The summed E-state index contributed by atoms with van der Waals surface area (Å²) < 4.78 is 0. The van der Waals surface area contributed by atoms with E-state index in [4.69, 9.17) is 0 Å². The van der Waals surface area contributed by atoms with Gasteiger partial charge in [-0.2, -0.15) is 0 Å². The van der Waals surface area contributed by atoms with Gasteiger partial charge < -0.3 is 15.1 Å². The van der Waals surface area contributed by atoms with E-state index < -0.39 is 0 Å². The second kappa shape index (κ2) is 8.37. The number of benzene rings is 2. The predicted octanol–water partition coefficient (Wildman–Crippen LogP) is 3.54. The molecule has 1 heterocycles. The largest absolute Gasteiger partial charge is 0.338 e. The smallest absolute Gasteiger partial charge is 0.318 e. The molecule has 3 rings (SSSR count). The number of aryl methyl sites for hydroxylation is 2. The van der Waals surface area contributed by atoms with E-state index in [1.54, 1.807) is 0 Å². The number of carbonyl (C=O) groups excluding carboxylic acids is 1. The highest BCUT2D eigenvalue weighted by atomic mass is 16.2. The fourth-order valence-electron chi connectivity index (χ4n) is 3.65. The van der Waals surface area contributed by atoms with E-state index in [9.17, 15) is 4.79 Å². The van der Waals surface area contributed by atoms with Crippen molar-refractivity contribution in [1.82, 2.24) is 15.1 Å². The minimum atomic E-state index is 0.0386. The molecule has 1 saturated heterocycles. The first-order valence-electron chi connectivity index (χ1n) is 9.38. The van der Waals surface area contributed by atoms with Crippen molar-refractivity contribution in [2.75, 3.05) is 33.2 Å². The van der Waals surface area contributed by atoms with Gasteiger partial charge in [0.05, 0.1) is 6.04 Å². The maximum absolute atomic E-state index is 12.8. The minimum Gasteiger partial charge on any atom is -0.338 e. The first-order chi connectivity index (χ1) is 12.5. The van der Waals surface area contributed by atoms with Crippen molar-refractivity contribution >= 4 is 6.03 Å². The molecule has 138 valence electrons. The van der Waals surface area contributed by atoms with Crippen molar-refractivity contribution in [2.24, 2.45) is 0 Å². The highest BCUT2D eigenvalue weighted by molar-refractivity contribution is 5.75. The van der Waals surface area contributed by atoms with Crippen LogP contribution in [0.5, 0.6) is 0 Å². The summed E-state index contributed by atoms with van der Waals surface area (Å²) in [4.78, 5) is 17.1. The van der Waals surface area contributed by atoms with E-state index in [-0.39, 0.29) is 12.1 Å². The van der Waals surface area contributed by atoms with E-state index in [1.165, 1.54) is 22.3 Å². The molecule has 0 aromatic heterocycles. The Balaban J connectivity index is 1.62. The molecule has 26 heavy (non-hydrogen) atoms. The lowest BCUT2D eigenvalue weighted by molar-refractivity contribution is 0.109. The highest BCUT2D eigenvalue weighted by Crippen LogP contribution is 2.24. The Bertz CT molecular complexity index is 744. The quantitative estimate of drug-likeness (QED) is 0.914. The van der Waals surface area contributed by atoms with E-state index in [1.807, 2.05) is 23.1 Å². The lowest BCUT2D eigenvalue weighted by Gasteiger charge is -2.40. The molecule has 1 fully saturated rings. The first-order valence-corrected chi connectivity index (χ1v) is 9.38. The number of urea groups is 1. The second-order valence-electron chi connectivity index (χ2n) is 7.29. The number of piperazine rings is 1. The van der Waals surface area contributed by atoms with Gasteiger partial charge in [0.2, 0.25) is 0 Å². The Morgan fingerprint density at radius 2 is 1.88 bits per heavy atom. The van der Waals surface area contributed by atoms with Gasteiger partial charge in [-0.15, -0.1) is 0 Å². The third-order valence-corrected chi connectivity index (χ3v) is 5.20. The summed E-state index contributed by atoms with van der Waals surface area (Å²) in [5.74, 6) is 0. The molecular formula is C22H29N3O. The molecule has 1 aliphatic heterocycles. The Labute approximate surface area is 156 Å². The van der Waals surface area contributed by atoms with Crippen LogP contribution in [-0.2, 0) is 6.42 Å². The predicted molar refractivity (Wildman–Crippen MR) is 106 cm³/mol. The Morgan fingerprint density at radius 3 is 2.62 bits per heavy atom. The SMILES string of the molecule is Cc1ccc(CCNC(=O)N2CCN(C)CC2c2ccccc2)c(C)c1. The van der Waals surface area contributed by atoms with Crippen molar-refractivity contribution in [2.45, 2.75) is 26.3 Å². The van der Waals surface area contributed by atoms with Crippen molar-refractivity contribution < 1.29 is 4.79 Å². The van der Waals surface area contributed by atoms with Crippen molar-refractivity contribution in [3.8, 4) is 0 Å². The van der Waals surface area contributed by atoms with Gasteiger partial charge in [0.15, 0.2) is 0 Å². The van der Waals surface area contributed by atoms with E-state index in [2.05, 4.69) is 61.4 Å². The molecule has 1 aliphatic rings. The first kappa shape index (κ1) is 18.5. The van der Waals surface area contributed by atoms with Gasteiger partial charge in [0.25, 0.3) is 0 Å². The Kier molecular flexibility index (Phi) is 5.94. The summed E-state index contributed by atoms with van der Waals surface area (Å²) in [6.45, 7) is 7.44. The Morgan fingerprint density at radius 1 is 1.12 bits per heavy atom. The third kappa shape index (κ3) is 4.44. The van der Waals surface area contributed by atoms with Gasteiger partial charge in [-0.1, -0.05) is 54.1 Å². The number of carbonyl (C=O) groups is 1. The monoisotopic (exact) mass is 351 g/mol. The molecule has 0 saturated carbocycles. The zero-order valence-electron chi connectivity index (χ0n) is 16.0. The number of nitrogens with one attached hydrogen (secondary N) is 1. The summed E-state index contributed by atoms with van der Waals surface area (Å²) in [6, 6.07) is 17.0. The van der Waals surface area contributed by atoms with Gasteiger partial charge in [0, 0.05) is 26.2 Å². The van der Waals surface area contributed by atoms with E-state index >= 15 is 0 Å². The normalized spacial score (nSPS) is 18.0. The van der Waals surface area contributed by atoms with Crippen molar-refractivity contribution in [1.29, 1.82) is 0 Å². The lowest BCUT2D eigenvalue weighted by Crippen LogP contribution is -2.52. The van der Waals surface area contributed by atoms with Crippen LogP contribution < -0.4 is 5.32 Å². The fraction of sp³-hybridized carbons (Fsp3) is 0.409. The van der Waals surface area contributed by atoms with Crippen LogP contribution in [0.4, 0.5) is 4.79 Å². The molecule has 2 aromatic carbocycles. The van der Waals surface area contributed by atoms with Gasteiger partial charge in [-0.3, -0.25) is 0 Å². The van der Waals surface area contributed by atoms with Gasteiger partial charge in [-0.05, 0) is 44.0 Å². The van der Waals surface area contributed by atoms with Crippen LogP contribution in [0, 0.1) is 13.8 Å². The molecule has 1 unspecified atom stereocenters. The summed E-state index contributed by atoms with van der Waals surface area (Å²) in [6.07, 6.45) is 0.863. The number of rotatable bonds is 4. The standard InChI is InChI=1S/C22H29N3O/c1-17-9-10-19(18(2)15-17)11-12-23-22(26)25-14-13-24(3)16-21(25)20-7-5-4-6-8-20/h4-10,15,21H,11-14,16H2,1-3H3,(H,23,26). The molecule has 1 atom stereocenters. The van der Waals surface area contributed by atoms with Gasteiger partial charge in [0.1, 0.15) is 0 Å². The summed E-state index contributed by atoms with van der Waals surface area (Å²) in [5.41, 5.74) is 5.07. The summed E-state index contributed by atoms with van der Waals surface area (Å²) >= 11 is 0. The zero-order chi connectivity index (χ0) is 18.5. The second-order valence-corrected chi connectivity index (χ2v) is 7.29. The van der Waals surface area contributed by atoms with E-state index in [0.717, 1.165) is 26.1 Å². The highest BCUT2D eigenvalue weighted by Gasteiger charge is 2.29. The fourth-order valence-corrected chi connectivity index (χ4v) is 3.65. The van der Waals surface area contributed by atoms with Crippen LogP contribution in [0.3, 0.4) is 0 Å². The van der Waals surface area contributed by atoms with Crippen LogP contribution in [0.2, 0.25) is 0 Å². The average Bonchev–Trinajstić information content (AvgIpc) is 2.64. The molecule has 0 spiro atoms. The van der Waals surface area contributed by atoms with Crippen molar-refractivity contribution in [3.05, 3.63) is 70.8 Å². The molecule has 1 N–H and O–H groups in total. The van der Waals surface area contributed by atoms with Crippen molar-refractivity contribution in [3.63, 3.8) is 0 Å². The molecule has 0 radical (unpaired) electrons. The zero-order valence-corrected chi connectivity index (χ0v) is 16.0. The topological polar surface area (TPSA) is 35.6 Å². The van der Waals surface area contributed by atoms with E-state index in [0.29, 0.717) is 6.54 Å². The molecule has 2 aromatic rings. The minimum absolute atomic E-state index is 0.0386. The molecule has 4 heteroatoms. The van der Waals surface area contributed by atoms with Crippen LogP contribution >= 0.6 is 0 Å². The summed E-state index contributed by atoms with van der Waals surface area (Å²) in [7, 11) is 2.12. The van der Waals surface area contributed by atoms with Crippen LogP contribution in [-0.4, -0.2) is 49.1 Å². The van der Waals surface area contributed by atoms with Crippen LogP contribution in [0.1, 0.15) is 28.3 Å². The molecular weight excluding hydrogens is 322 g/mol. The maximum atomic E-state index is 12.8. The Hall–Kier alpha value is -2.33. The molecule has 0 aliphatic carbocycles. The molecule has 0 bridgehead atoms. The third-order valence-electron chi connectivity index (χ3n) is 5.20. The van der Waals surface area contributed by atoms with Crippen LogP contribution in [0.15, 0.2) is 48.5 Å². The number of hydrogen-bond acceptors (Lipinski definition) is 2. The molecule has 2 amide bonds. The molecule has 4 nitrogen and oxygen atoms in total. The van der Waals surface area contributed by atoms with Gasteiger partial charge in [-0.25, -0.2) is 4.79 Å². The summed E-state index contributed by atoms with van der Waals surface area (Å²) in [5, 5.41) is 3.13. The van der Waals surface area contributed by atoms with Gasteiger partial charge >= 0.3 is 6.03 Å². The maximum Gasteiger partial charge on any atom is 0.318 e. The number of amides is 2. The number of likely N-dealkylation sites (N-methyl/N-ethyl adjacent to an activating group) is 1.